The number of amides is 1. The topological polar surface area (TPSA) is 140 Å². The van der Waals surface area contributed by atoms with Crippen LogP contribution >= 0.6 is 27.5 Å². The predicted octanol–water partition coefficient (Wildman–Crippen LogP) is 4.34. The zero-order chi connectivity index (χ0) is 21.0. The van der Waals surface area contributed by atoms with E-state index in [2.05, 4.69) is 36.5 Å². The lowest BCUT2D eigenvalue weighted by molar-refractivity contribution is -0.385. The molecule has 0 atom stereocenters. The Labute approximate surface area is 177 Å². The molecule has 0 saturated heterocycles. The molecule has 2 aromatic carbocycles. The Morgan fingerprint density at radius 2 is 2.10 bits per heavy atom. The maximum Gasteiger partial charge on any atom is 0.404 e. The molecule has 3 N–H and O–H groups in total. The van der Waals surface area contributed by atoms with Gasteiger partial charge in [-0.05, 0) is 34.1 Å². The SMILES string of the molecule is O=C(O)NCCOc1cc2ncnc(Nc3ccc(Br)c(Cl)c3)c2cc1[N+](=O)[O-]. The second-order valence-corrected chi connectivity index (χ2v) is 6.91. The van der Waals surface area contributed by atoms with Crippen LogP contribution in [0.15, 0.2) is 41.1 Å². The first kappa shape index (κ1) is 20.6. The van der Waals surface area contributed by atoms with Crippen molar-refractivity contribution in [3.05, 3.63) is 56.3 Å². The van der Waals surface area contributed by atoms with E-state index in [9.17, 15) is 14.9 Å². The van der Waals surface area contributed by atoms with Crippen LogP contribution in [0.1, 0.15) is 0 Å². The highest BCUT2D eigenvalue weighted by Gasteiger charge is 2.19. The first-order chi connectivity index (χ1) is 13.8. The number of anilines is 2. The lowest BCUT2D eigenvalue weighted by atomic mass is 10.2. The maximum absolute atomic E-state index is 11.5. The van der Waals surface area contributed by atoms with Crippen LogP contribution in [-0.2, 0) is 0 Å². The molecule has 1 aromatic heterocycles. The Bertz CT molecular complexity index is 1100. The standard InChI is InChI=1S/C17H13BrClN5O5/c18-11-2-1-9(5-12(11)19)23-16-10-6-14(24(27)28)15(7-13(10)21-8-22-16)29-4-3-20-17(25)26/h1-2,5-8,20H,3-4H2,(H,25,26)(H,21,22,23). The minimum Gasteiger partial charge on any atom is -0.485 e. The van der Waals surface area contributed by atoms with Gasteiger partial charge in [0.25, 0.3) is 0 Å². The third-order valence-corrected chi connectivity index (χ3v) is 4.96. The number of benzene rings is 2. The Morgan fingerprint density at radius 3 is 2.79 bits per heavy atom. The molecule has 12 heteroatoms. The Morgan fingerprint density at radius 1 is 1.31 bits per heavy atom. The van der Waals surface area contributed by atoms with Crippen LogP contribution in [0.3, 0.4) is 0 Å². The fourth-order valence-electron chi connectivity index (χ4n) is 2.46. The number of nitrogens with zero attached hydrogens (tertiary/aromatic N) is 3. The van der Waals surface area contributed by atoms with Gasteiger partial charge < -0.3 is 20.5 Å². The smallest absolute Gasteiger partial charge is 0.404 e. The van der Waals surface area contributed by atoms with Gasteiger partial charge in [-0.25, -0.2) is 14.8 Å². The first-order valence-electron chi connectivity index (χ1n) is 8.10. The van der Waals surface area contributed by atoms with Crippen molar-refractivity contribution >= 4 is 61.7 Å². The van der Waals surface area contributed by atoms with E-state index in [0.717, 1.165) is 4.47 Å². The molecule has 0 fully saturated rings. The van der Waals surface area contributed by atoms with Crippen molar-refractivity contribution in [2.45, 2.75) is 0 Å². The maximum atomic E-state index is 11.5. The van der Waals surface area contributed by atoms with Gasteiger partial charge >= 0.3 is 11.8 Å². The molecule has 3 rings (SSSR count). The van der Waals surface area contributed by atoms with E-state index in [1.54, 1.807) is 18.2 Å². The first-order valence-corrected chi connectivity index (χ1v) is 9.27. The monoisotopic (exact) mass is 481 g/mol. The number of hydrogen-bond donors (Lipinski definition) is 3. The van der Waals surface area contributed by atoms with Gasteiger partial charge in [0.05, 0.1) is 27.4 Å². The second kappa shape index (κ2) is 8.88. The van der Waals surface area contributed by atoms with Gasteiger partial charge in [-0.3, -0.25) is 10.1 Å². The molecule has 0 bridgehead atoms. The summed E-state index contributed by atoms with van der Waals surface area (Å²) in [7, 11) is 0. The molecule has 29 heavy (non-hydrogen) atoms. The van der Waals surface area contributed by atoms with E-state index in [4.69, 9.17) is 21.4 Å². The van der Waals surface area contributed by atoms with Gasteiger partial charge in [-0.15, -0.1) is 0 Å². The summed E-state index contributed by atoms with van der Waals surface area (Å²) in [5.41, 5.74) is 0.762. The molecular formula is C17H13BrClN5O5. The summed E-state index contributed by atoms with van der Waals surface area (Å²) in [6, 6.07) is 7.92. The molecule has 0 aliphatic carbocycles. The predicted molar refractivity (Wildman–Crippen MR) is 110 cm³/mol. The summed E-state index contributed by atoms with van der Waals surface area (Å²) in [6.45, 7) is -0.0995. The summed E-state index contributed by atoms with van der Waals surface area (Å²) >= 11 is 9.41. The molecule has 3 aromatic rings. The van der Waals surface area contributed by atoms with E-state index in [1.807, 2.05) is 0 Å². The number of aromatic nitrogens is 2. The molecule has 150 valence electrons. The molecule has 0 aliphatic rings. The molecule has 0 unspecified atom stereocenters. The van der Waals surface area contributed by atoms with Crippen molar-refractivity contribution in [3.63, 3.8) is 0 Å². The molecule has 0 radical (unpaired) electrons. The number of rotatable bonds is 7. The normalized spacial score (nSPS) is 10.6. The minimum absolute atomic E-state index is 0.0222. The number of fused-ring (bicyclic) bond motifs is 1. The lowest BCUT2D eigenvalue weighted by Gasteiger charge is -2.11. The summed E-state index contributed by atoms with van der Waals surface area (Å²) in [5.74, 6) is 0.335. The van der Waals surface area contributed by atoms with Crippen LogP contribution in [-0.4, -0.2) is 39.2 Å². The van der Waals surface area contributed by atoms with Gasteiger partial charge in [-0.2, -0.15) is 0 Å². The Hall–Kier alpha value is -3.18. The zero-order valence-corrected chi connectivity index (χ0v) is 16.9. The van der Waals surface area contributed by atoms with Gasteiger partial charge in [0.1, 0.15) is 18.8 Å². The molecule has 1 heterocycles. The largest absolute Gasteiger partial charge is 0.485 e. The van der Waals surface area contributed by atoms with Gasteiger partial charge in [0, 0.05) is 22.3 Å². The number of ether oxygens (including phenoxy) is 1. The van der Waals surface area contributed by atoms with Gasteiger partial charge in [0.2, 0.25) is 0 Å². The number of carbonyl (C=O) groups is 1. The summed E-state index contributed by atoms with van der Waals surface area (Å²) in [6.07, 6.45) is 0.102. The highest BCUT2D eigenvalue weighted by Crippen LogP contribution is 2.35. The van der Waals surface area contributed by atoms with E-state index < -0.39 is 11.0 Å². The average molecular weight is 483 g/mol. The lowest BCUT2D eigenvalue weighted by Crippen LogP contribution is -2.26. The molecule has 0 spiro atoms. The van der Waals surface area contributed by atoms with Crippen molar-refractivity contribution in [1.29, 1.82) is 0 Å². The van der Waals surface area contributed by atoms with Crippen molar-refractivity contribution in [2.24, 2.45) is 0 Å². The highest BCUT2D eigenvalue weighted by molar-refractivity contribution is 9.10. The number of hydrogen-bond acceptors (Lipinski definition) is 7. The van der Waals surface area contributed by atoms with Crippen molar-refractivity contribution in [3.8, 4) is 5.75 Å². The van der Waals surface area contributed by atoms with E-state index in [-0.39, 0.29) is 24.6 Å². The number of nitro benzene ring substituents is 1. The summed E-state index contributed by atoms with van der Waals surface area (Å²) in [5, 5.41) is 26.2. The molecule has 10 nitrogen and oxygen atoms in total. The van der Waals surface area contributed by atoms with Crippen LogP contribution in [0.5, 0.6) is 5.75 Å². The molecule has 1 amide bonds. The molecule has 0 aliphatic heterocycles. The number of nitrogens with one attached hydrogen (secondary N) is 2. The molecule has 0 saturated carbocycles. The van der Waals surface area contributed by atoms with Crippen molar-refractivity contribution < 1.29 is 19.6 Å². The number of nitro groups is 1. The average Bonchev–Trinajstić information content (AvgIpc) is 2.67. The zero-order valence-electron chi connectivity index (χ0n) is 14.6. The Kier molecular flexibility index (Phi) is 6.29. The van der Waals surface area contributed by atoms with E-state index in [1.165, 1.54) is 18.5 Å². The fraction of sp³-hybridized carbons (Fsp3) is 0.118. The van der Waals surface area contributed by atoms with Crippen LogP contribution in [0, 0.1) is 10.1 Å². The van der Waals surface area contributed by atoms with Crippen LogP contribution in [0.25, 0.3) is 10.9 Å². The molecular weight excluding hydrogens is 470 g/mol. The second-order valence-electron chi connectivity index (χ2n) is 5.65. The highest BCUT2D eigenvalue weighted by atomic mass is 79.9. The summed E-state index contributed by atoms with van der Waals surface area (Å²) < 4.78 is 6.10. The number of halogens is 2. The number of carboxylic acid groups (broad SMARTS) is 1. The van der Waals surface area contributed by atoms with E-state index in [0.29, 0.717) is 27.4 Å². The third kappa shape index (κ3) is 5.00. The van der Waals surface area contributed by atoms with Gasteiger partial charge in [-0.1, -0.05) is 11.6 Å². The van der Waals surface area contributed by atoms with Crippen LogP contribution in [0.2, 0.25) is 5.02 Å². The fourth-order valence-corrected chi connectivity index (χ4v) is 2.89. The minimum atomic E-state index is -1.21. The third-order valence-electron chi connectivity index (χ3n) is 3.73. The van der Waals surface area contributed by atoms with Crippen LogP contribution in [0.4, 0.5) is 22.0 Å². The Balaban J connectivity index is 1.94. The van der Waals surface area contributed by atoms with Crippen molar-refractivity contribution in [2.75, 3.05) is 18.5 Å². The summed E-state index contributed by atoms with van der Waals surface area (Å²) in [4.78, 5) is 29.7. The van der Waals surface area contributed by atoms with Gasteiger partial charge in [0.15, 0.2) is 5.75 Å². The van der Waals surface area contributed by atoms with E-state index >= 15 is 0 Å². The quantitative estimate of drug-likeness (QED) is 0.257. The van der Waals surface area contributed by atoms with Crippen molar-refractivity contribution in [1.82, 2.24) is 15.3 Å². The van der Waals surface area contributed by atoms with Crippen LogP contribution < -0.4 is 15.4 Å².